The lowest BCUT2D eigenvalue weighted by molar-refractivity contribution is 0.570. The van der Waals surface area contributed by atoms with Gasteiger partial charge in [-0.15, -0.1) is 0 Å². The molecule has 2 aromatic heterocycles. The molecule has 0 atom stereocenters. The van der Waals surface area contributed by atoms with E-state index in [9.17, 15) is 9.18 Å². The first-order valence-corrected chi connectivity index (χ1v) is 6.97. The van der Waals surface area contributed by atoms with Crippen LogP contribution in [-0.4, -0.2) is 9.55 Å². The average Bonchev–Trinajstić information content (AvgIpc) is 2.92. The normalized spacial score (nSPS) is 10.8. The lowest BCUT2D eigenvalue weighted by Crippen LogP contribution is -2.18. The van der Waals surface area contributed by atoms with Gasteiger partial charge in [0.15, 0.2) is 0 Å². The second-order valence-corrected chi connectivity index (χ2v) is 5.38. The molecule has 0 radical (unpaired) electrons. The molecule has 0 saturated heterocycles. The summed E-state index contributed by atoms with van der Waals surface area (Å²) in [6.45, 7) is 0.309. The van der Waals surface area contributed by atoms with E-state index in [1.165, 1.54) is 29.0 Å². The molecule has 0 unspecified atom stereocenters. The summed E-state index contributed by atoms with van der Waals surface area (Å²) in [5.41, 5.74) is 1.18. The molecule has 106 valence electrons. The van der Waals surface area contributed by atoms with E-state index < -0.39 is 0 Å². The molecular formula is C15H10BrFN2O2. The van der Waals surface area contributed by atoms with Crippen LogP contribution in [0.3, 0.4) is 0 Å². The van der Waals surface area contributed by atoms with E-state index in [4.69, 9.17) is 4.42 Å². The summed E-state index contributed by atoms with van der Waals surface area (Å²) in [6.07, 6.45) is 3.18. The summed E-state index contributed by atoms with van der Waals surface area (Å²) >= 11 is 3.32. The highest BCUT2D eigenvalue weighted by atomic mass is 79.9. The van der Waals surface area contributed by atoms with Crippen LogP contribution < -0.4 is 5.56 Å². The molecule has 0 amide bonds. The van der Waals surface area contributed by atoms with E-state index in [1.54, 1.807) is 24.4 Å². The molecule has 0 bridgehead atoms. The Morgan fingerprint density at radius 3 is 2.71 bits per heavy atom. The van der Waals surface area contributed by atoms with Gasteiger partial charge in [0, 0.05) is 22.3 Å². The third-order valence-corrected chi connectivity index (χ3v) is 3.39. The minimum absolute atomic E-state index is 0.121. The van der Waals surface area contributed by atoms with Gasteiger partial charge in [-0.1, -0.05) is 0 Å². The van der Waals surface area contributed by atoms with E-state index in [0.29, 0.717) is 23.7 Å². The molecular weight excluding hydrogens is 339 g/mol. The van der Waals surface area contributed by atoms with E-state index in [0.717, 1.165) is 4.47 Å². The van der Waals surface area contributed by atoms with Crippen molar-refractivity contribution in [3.63, 3.8) is 0 Å². The molecule has 0 N–H and O–H groups in total. The third kappa shape index (κ3) is 3.11. The van der Waals surface area contributed by atoms with Crippen LogP contribution in [0.15, 0.2) is 62.5 Å². The maximum Gasteiger partial charge on any atom is 0.250 e. The number of hydrogen-bond acceptors (Lipinski definition) is 3. The zero-order valence-electron chi connectivity index (χ0n) is 10.8. The van der Waals surface area contributed by atoms with Crippen LogP contribution in [0.5, 0.6) is 0 Å². The van der Waals surface area contributed by atoms with E-state index in [-0.39, 0.29) is 11.4 Å². The summed E-state index contributed by atoms with van der Waals surface area (Å²) in [4.78, 5) is 16.0. The fourth-order valence-electron chi connectivity index (χ4n) is 1.90. The molecule has 1 aromatic carbocycles. The van der Waals surface area contributed by atoms with Crippen molar-refractivity contribution in [2.24, 2.45) is 0 Å². The molecule has 2 heterocycles. The first-order valence-electron chi connectivity index (χ1n) is 6.18. The predicted octanol–water partition coefficient (Wildman–Crippen LogP) is 3.45. The number of aromatic nitrogens is 2. The highest BCUT2D eigenvalue weighted by molar-refractivity contribution is 9.10. The first-order chi connectivity index (χ1) is 10.1. The lowest BCUT2D eigenvalue weighted by Gasteiger charge is -2.02. The molecule has 0 aliphatic carbocycles. The Morgan fingerprint density at radius 1 is 1.19 bits per heavy atom. The van der Waals surface area contributed by atoms with E-state index in [1.807, 2.05) is 0 Å². The number of pyridine rings is 1. The standard InChI is InChI=1S/C15H10BrFN2O2/c16-11-3-6-14(20)19(7-11)8-13-9-21-15(18-13)10-1-4-12(17)5-2-10/h1-7,9H,8H2. The fourth-order valence-corrected chi connectivity index (χ4v) is 2.28. The fraction of sp³-hybridized carbons (Fsp3) is 0.0667. The summed E-state index contributed by atoms with van der Waals surface area (Å²) in [6, 6.07) is 9.04. The van der Waals surface area contributed by atoms with Gasteiger partial charge in [-0.05, 0) is 46.3 Å². The topological polar surface area (TPSA) is 48.0 Å². The van der Waals surface area contributed by atoms with Gasteiger partial charge in [0.1, 0.15) is 12.1 Å². The molecule has 0 aliphatic rings. The van der Waals surface area contributed by atoms with Crippen molar-refractivity contribution in [1.29, 1.82) is 0 Å². The van der Waals surface area contributed by atoms with Crippen LogP contribution in [0.2, 0.25) is 0 Å². The van der Waals surface area contributed by atoms with Crippen molar-refractivity contribution in [2.45, 2.75) is 6.54 Å². The highest BCUT2D eigenvalue weighted by Gasteiger charge is 2.08. The van der Waals surface area contributed by atoms with Crippen LogP contribution in [0.4, 0.5) is 4.39 Å². The monoisotopic (exact) mass is 348 g/mol. The average molecular weight is 349 g/mol. The van der Waals surface area contributed by atoms with Crippen molar-refractivity contribution in [3.05, 3.63) is 75.2 Å². The maximum absolute atomic E-state index is 12.9. The Hall–Kier alpha value is -2.21. The van der Waals surface area contributed by atoms with Gasteiger partial charge in [-0.25, -0.2) is 9.37 Å². The number of oxazole rings is 1. The largest absolute Gasteiger partial charge is 0.444 e. The van der Waals surface area contributed by atoms with Crippen LogP contribution in [-0.2, 0) is 6.54 Å². The molecule has 3 aromatic rings. The Kier molecular flexibility index (Phi) is 3.70. The van der Waals surface area contributed by atoms with Gasteiger partial charge < -0.3 is 8.98 Å². The first kappa shape index (κ1) is 13.8. The van der Waals surface area contributed by atoms with Crippen molar-refractivity contribution < 1.29 is 8.81 Å². The Balaban J connectivity index is 1.87. The molecule has 0 fully saturated rings. The van der Waals surface area contributed by atoms with Crippen molar-refractivity contribution in [3.8, 4) is 11.5 Å². The number of nitrogens with zero attached hydrogens (tertiary/aromatic N) is 2. The van der Waals surface area contributed by atoms with Crippen molar-refractivity contribution in [2.75, 3.05) is 0 Å². The van der Waals surface area contributed by atoms with Crippen LogP contribution >= 0.6 is 15.9 Å². The van der Waals surface area contributed by atoms with Gasteiger partial charge in [0.2, 0.25) is 5.89 Å². The molecule has 0 saturated carbocycles. The Bertz CT molecular complexity index is 824. The summed E-state index contributed by atoms with van der Waals surface area (Å²) in [7, 11) is 0. The quantitative estimate of drug-likeness (QED) is 0.728. The molecule has 3 rings (SSSR count). The van der Waals surface area contributed by atoms with Gasteiger partial charge in [-0.3, -0.25) is 4.79 Å². The zero-order valence-corrected chi connectivity index (χ0v) is 12.4. The SMILES string of the molecule is O=c1ccc(Br)cn1Cc1coc(-c2ccc(F)cc2)n1. The van der Waals surface area contributed by atoms with E-state index in [2.05, 4.69) is 20.9 Å². The van der Waals surface area contributed by atoms with E-state index >= 15 is 0 Å². The number of benzene rings is 1. The smallest absolute Gasteiger partial charge is 0.250 e. The Labute approximate surface area is 128 Å². The minimum Gasteiger partial charge on any atom is -0.444 e. The number of halogens is 2. The predicted molar refractivity (Wildman–Crippen MR) is 79.4 cm³/mol. The van der Waals surface area contributed by atoms with Gasteiger partial charge in [0.05, 0.1) is 12.2 Å². The molecule has 21 heavy (non-hydrogen) atoms. The van der Waals surface area contributed by atoms with Gasteiger partial charge in [0.25, 0.3) is 5.56 Å². The molecule has 6 heteroatoms. The second-order valence-electron chi connectivity index (χ2n) is 4.46. The molecule has 0 spiro atoms. The lowest BCUT2D eigenvalue weighted by atomic mass is 10.2. The third-order valence-electron chi connectivity index (χ3n) is 2.92. The van der Waals surface area contributed by atoms with Gasteiger partial charge in [-0.2, -0.15) is 0 Å². The zero-order chi connectivity index (χ0) is 14.8. The summed E-state index contributed by atoms with van der Waals surface area (Å²) in [5.74, 6) is 0.0827. The summed E-state index contributed by atoms with van der Waals surface area (Å²) in [5, 5.41) is 0. The molecule has 0 aliphatic heterocycles. The highest BCUT2D eigenvalue weighted by Crippen LogP contribution is 2.19. The van der Waals surface area contributed by atoms with Crippen molar-refractivity contribution >= 4 is 15.9 Å². The number of hydrogen-bond donors (Lipinski definition) is 0. The Morgan fingerprint density at radius 2 is 1.95 bits per heavy atom. The summed E-state index contributed by atoms with van der Waals surface area (Å²) < 4.78 is 20.6. The number of rotatable bonds is 3. The second kappa shape index (κ2) is 5.65. The van der Waals surface area contributed by atoms with Crippen molar-refractivity contribution in [1.82, 2.24) is 9.55 Å². The van der Waals surface area contributed by atoms with Gasteiger partial charge >= 0.3 is 0 Å². The minimum atomic E-state index is -0.314. The van der Waals surface area contributed by atoms with Crippen LogP contribution in [0.25, 0.3) is 11.5 Å². The maximum atomic E-state index is 12.9. The van der Waals surface area contributed by atoms with Crippen LogP contribution in [0, 0.1) is 5.82 Å². The molecule has 4 nitrogen and oxygen atoms in total. The van der Waals surface area contributed by atoms with Crippen LogP contribution in [0.1, 0.15) is 5.69 Å².